The van der Waals surface area contributed by atoms with E-state index in [4.69, 9.17) is 0 Å². The van der Waals surface area contributed by atoms with Crippen LogP contribution in [-0.2, 0) is 27.7 Å². The molecule has 0 nitrogen and oxygen atoms in total. The van der Waals surface area contributed by atoms with Crippen molar-refractivity contribution in [3.05, 3.63) is 146 Å². The maximum atomic E-state index is 2.64. The summed E-state index contributed by atoms with van der Waals surface area (Å²) < 4.78 is 4.98. The van der Waals surface area contributed by atoms with Crippen molar-refractivity contribution in [2.45, 2.75) is 40.5 Å². The summed E-state index contributed by atoms with van der Waals surface area (Å²) in [6.07, 6.45) is 7.44. The summed E-state index contributed by atoms with van der Waals surface area (Å²) >= 11 is -2.69. The van der Waals surface area contributed by atoms with Gasteiger partial charge in [-0.2, -0.15) is 0 Å². The van der Waals surface area contributed by atoms with Crippen LogP contribution in [0.25, 0.3) is 11.1 Å². The molecule has 1 unspecified atom stereocenters. The van der Waals surface area contributed by atoms with Crippen LogP contribution in [0.1, 0.15) is 56.4 Å². The summed E-state index contributed by atoms with van der Waals surface area (Å²) in [5, 5.41) is 0. The van der Waals surface area contributed by atoms with Gasteiger partial charge in [0.2, 0.25) is 0 Å². The Morgan fingerprint density at radius 2 is 1.30 bits per heavy atom. The van der Waals surface area contributed by atoms with Gasteiger partial charge >= 0.3 is 237 Å². The Bertz CT molecular complexity index is 1550. The molecule has 6 rings (SSSR count). The van der Waals surface area contributed by atoms with Gasteiger partial charge in [0.15, 0.2) is 0 Å². The summed E-state index contributed by atoms with van der Waals surface area (Å²) in [6.45, 7) is 9.47. The Kier molecular flexibility index (Phi) is 9.72. The van der Waals surface area contributed by atoms with Crippen molar-refractivity contribution in [3.8, 4) is 11.1 Å². The van der Waals surface area contributed by atoms with Gasteiger partial charge in [-0.05, 0) is 0 Å². The Hall–Kier alpha value is -2.31. The van der Waals surface area contributed by atoms with E-state index >= 15 is 0 Å². The molecule has 0 bridgehead atoms. The molecular weight excluding hydrogens is 607 g/mol. The smallest absolute Gasteiger partial charge is 1.00 e. The molecule has 4 aromatic carbocycles. The number of rotatable bonds is 5. The monoisotopic (exact) mass is 640 g/mol. The largest absolute Gasteiger partial charge is 1.00 e. The Labute approximate surface area is 260 Å². The van der Waals surface area contributed by atoms with Gasteiger partial charge in [0.1, 0.15) is 0 Å². The maximum Gasteiger partial charge on any atom is -1.00 e. The number of benzene rings is 4. The van der Waals surface area contributed by atoms with Crippen LogP contribution in [0.5, 0.6) is 0 Å². The molecule has 3 heteroatoms. The van der Waals surface area contributed by atoms with Crippen molar-refractivity contribution in [1.82, 2.24) is 0 Å². The van der Waals surface area contributed by atoms with Crippen LogP contribution in [0, 0.1) is 11.3 Å². The Balaban J connectivity index is 0.00000185. The van der Waals surface area contributed by atoms with Crippen LogP contribution < -0.4 is 28.1 Å². The standard InChI is InChI=1S/C13H9.C13H10.C11H17.2ClH.Zr/c1-3-7-12-10(5-1)9-11-6-2-4-8-13(11)12;1-3-7-12(8-4-1)11-13-9-5-2-6-10-13;1-5-9-6-7-10(8-9)11(2,3)4;;;/h1-5,7-8H,9H2;1-10H;7-9H,5H2,1-4H3;2*1H;/q;;;;;+2/p-2. The first-order valence-electron chi connectivity index (χ1n) is 14.0. The Morgan fingerprint density at radius 1 is 0.725 bits per heavy atom. The van der Waals surface area contributed by atoms with E-state index in [0.29, 0.717) is 5.92 Å². The third-order valence-corrected chi connectivity index (χ3v) is 16.0. The number of fused-ring (bicyclic) bond motifs is 3. The zero-order chi connectivity index (χ0) is 26.3. The number of hydrogen-bond acceptors (Lipinski definition) is 0. The third-order valence-electron chi connectivity index (χ3n) is 8.18. The zero-order valence-corrected chi connectivity index (χ0v) is 27.7. The molecule has 0 amide bonds. The third kappa shape index (κ3) is 5.72. The van der Waals surface area contributed by atoms with Crippen LogP contribution >= 0.6 is 0 Å². The summed E-state index contributed by atoms with van der Waals surface area (Å²) in [7, 11) is 0. The van der Waals surface area contributed by atoms with Crippen LogP contribution in [0.3, 0.4) is 0 Å². The quantitative estimate of drug-likeness (QED) is 0.277. The van der Waals surface area contributed by atoms with Gasteiger partial charge in [-0.15, -0.1) is 0 Å². The molecule has 0 saturated carbocycles. The van der Waals surface area contributed by atoms with Crippen molar-refractivity contribution in [2.24, 2.45) is 11.3 Å². The van der Waals surface area contributed by atoms with Gasteiger partial charge < -0.3 is 24.8 Å². The SMILES string of the molecule is CCC1C=C(C(C)(C)C)C=[C]1[Zr+2](=[C](c1ccccc1)c1ccccc1)[c]1cccc2c1Cc1ccccc1-2.[Cl-].[Cl-]. The fourth-order valence-corrected chi connectivity index (χ4v) is 14.8. The fourth-order valence-electron chi connectivity index (χ4n) is 6.18. The molecular formula is C37H36Cl2Zr. The second-order valence-electron chi connectivity index (χ2n) is 11.6. The van der Waals surface area contributed by atoms with E-state index in [1.54, 1.807) is 15.3 Å². The zero-order valence-electron chi connectivity index (χ0n) is 23.7. The second kappa shape index (κ2) is 12.7. The first-order valence-corrected chi connectivity index (χ1v) is 17.6. The molecule has 0 fully saturated rings. The van der Waals surface area contributed by atoms with Crippen molar-refractivity contribution in [1.29, 1.82) is 0 Å². The van der Waals surface area contributed by atoms with E-state index in [1.165, 1.54) is 33.4 Å². The first kappa shape index (κ1) is 30.6. The molecule has 2 aliphatic carbocycles. The summed E-state index contributed by atoms with van der Waals surface area (Å²) in [5.74, 6) is 0.515. The van der Waals surface area contributed by atoms with Crippen molar-refractivity contribution >= 4 is 6.48 Å². The van der Waals surface area contributed by atoms with E-state index in [-0.39, 0.29) is 30.2 Å². The van der Waals surface area contributed by atoms with Gasteiger partial charge in [-0.1, -0.05) is 0 Å². The van der Waals surface area contributed by atoms with E-state index in [2.05, 4.69) is 143 Å². The van der Waals surface area contributed by atoms with Crippen LogP contribution in [-0.4, -0.2) is 3.21 Å². The molecule has 0 spiro atoms. The summed E-state index contributed by atoms with van der Waals surface area (Å²) in [6, 6.07) is 38.7. The minimum Gasteiger partial charge on any atom is -1.00 e. The first-order chi connectivity index (χ1) is 18.5. The maximum absolute atomic E-state index is 2.69. The molecule has 1 atom stereocenters. The molecule has 0 N–H and O–H groups in total. The predicted molar refractivity (Wildman–Crippen MR) is 160 cm³/mol. The number of halogens is 2. The summed E-state index contributed by atoms with van der Waals surface area (Å²) in [5.41, 5.74) is 10.4. The fraction of sp³-hybridized carbons (Fsp3) is 0.216. The van der Waals surface area contributed by atoms with E-state index < -0.39 is 21.3 Å². The molecule has 2 aliphatic rings. The van der Waals surface area contributed by atoms with E-state index in [9.17, 15) is 0 Å². The number of hydrogen-bond donors (Lipinski definition) is 0. The van der Waals surface area contributed by atoms with Crippen LogP contribution in [0.2, 0.25) is 0 Å². The number of allylic oxidation sites excluding steroid dienone is 4. The van der Waals surface area contributed by atoms with Gasteiger partial charge in [0.05, 0.1) is 0 Å². The molecule has 0 radical (unpaired) electrons. The van der Waals surface area contributed by atoms with Gasteiger partial charge in [-0.25, -0.2) is 0 Å². The molecule has 4 aromatic rings. The molecule has 0 heterocycles. The normalized spacial score (nSPS) is 14.9. The van der Waals surface area contributed by atoms with Gasteiger partial charge in [0.25, 0.3) is 0 Å². The predicted octanol–water partition coefficient (Wildman–Crippen LogP) is 2.67. The van der Waals surface area contributed by atoms with Crippen molar-refractivity contribution in [3.63, 3.8) is 0 Å². The van der Waals surface area contributed by atoms with Crippen molar-refractivity contribution in [2.75, 3.05) is 0 Å². The Morgan fingerprint density at radius 3 is 1.90 bits per heavy atom. The summed E-state index contributed by atoms with van der Waals surface area (Å²) in [4.78, 5) is 0. The molecule has 0 aromatic heterocycles. The van der Waals surface area contributed by atoms with Gasteiger partial charge in [0, 0.05) is 0 Å². The minimum atomic E-state index is -2.69. The second-order valence-corrected chi connectivity index (χ2v) is 17.4. The molecule has 40 heavy (non-hydrogen) atoms. The van der Waals surface area contributed by atoms with Crippen LogP contribution in [0.4, 0.5) is 0 Å². The molecule has 0 aliphatic heterocycles. The van der Waals surface area contributed by atoms with Crippen LogP contribution in [0.15, 0.2) is 124 Å². The minimum absolute atomic E-state index is 0. The van der Waals surface area contributed by atoms with E-state index in [1.807, 2.05) is 0 Å². The van der Waals surface area contributed by atoms with Crippen molar-refractivity contribution < 1.29 is 46.1 Å². The molecule has 202 valence electrons. The average Bonchev–Trinajstić information content (AvgIpc) is 3.55. The van der Waals surface area contributed by atoms with E-state index in [0.717, 1.165) is 12.8 Å². The topological polar surface area (TPSA) is 0 Å². The molecule has 0 saturated heterocycles. The average molecular weight is 643 g/mol. The van der Waals surface area contributed by atoms with Gasteiger partial charge in [-0.3, -0.25) is 0 Å².